The van der Waals surface area contributed by atoms with Crippen LogP contribution in [0.5, 0.6) is 5.75 Å². The summed E-state index contributed by atoms with van der Waals surface area (Å²) in [5.41, 5.74) is 4.07. The Hall–Kier alpha value is -2.82. The average Bonchev–Trinajstić information content (AvgIpc) is 2.80. The van der Waals surface area contributed by atoms with Gasteiger partial charge in [0.1, 0.15) is 5.75 Å². The van der Waals surface area contributed by atoms with Crippen LogP contribution in [0, 0.1) is 19.8 Å². The van der Waals surface area contributed by atoms with Gasteiger partial charge in [0.2, 0.25) is 12.3 Å². The van der Waals surface area contributed by atoms with Gasteiger partial charge in [0, 0.05) is 13.1 Å². The first-order valence-corrected chi connectivity index (χ1v) is 9.83. The molecule has 2 amide bonds. The molecule has 0 N–H and O–H groups in total. The first-order chi connectivity index (χ1) is 13.5. The summed E-state index contributed by atoms with van der Waals surface area (Å²) in [4.78, 5) is 27.8. The Kier molecular flexibility index (Phi) is 6.34. The average molecular weight is 380 g/mol. The molecule has 0 radical (unpaired) electrons. The number of unbranched alkanes of at least 4 members (excludes halogenated alkanes) is 1. The Labute approximate surface area is 166 Å². The monoisotopic (exact) mass is 380 g/mol. The highest BCUT2D eigenvalue weighted by Gasteiger charge is 2.30. The van der Waals surface area contributed by atoms with Crippen molar-refractivity contribution in [2.24, 2.45) is 5.92 Å². The number of hydrogen-bond donors (Lipinski definition) is 0. The molecule has 2 aromatic rings. The zero-order valence-electron chi connectivity index (χ0n) is 16.9. The number of ether oxygens (including phenoxy) is 1. The third-order valence-corrected chi connectivity index (χ3v) is 5.29. The molecular weight excluding hydrogens is 352 g/mol. The van der Waals surface area contributed by atoms with E-state index in [2.05, 4.69) is 26.0 Å². The number of amides is 2. The standard InChI is InChI=1S/C23H28N2O3/c1-17-10-11-20(14-18(17)2)28-13-7-6-12-25-22-9-5-4-8-21(22)24(16-26)15-19(3)23(25)27/h4-5,8-11,14,16,19H,6-7,12-13,15H2,1-3H3. The van der Waals surface area contributed by atoms with Crippen molar-refractivity contribution >= 4 is 23.7 Å². The topological polar surface area (TPSA) is 49.9 Å². The zero-order valence-corrected chi connectivity index (χ0v) is 16.9. The molecule has 3 rings (SSSR count). The number of benzene rings is 2. The highest BCUT2D eigenvalue weighted by molar-refractivity contribution is 6.02. The first-order valence-electron chi connectivity index (χ1n) is 9.83. The summed E-state index contributed by atoms with van der Waals surface area (Å²) in [6.45, 7) is 7.67. The largest absolute Gasteiger partial charge is 0.494 e. The van der Waals surface area contributed by atoms with Gasteiger partial charge in [0.25, 0.3) is 0 Å². The number of hydrogen-bond acceptors (Lipinski definition) is 3. The lowest BCUT2D eigenvalue weighted by atomic mass is 10.1. The lowest BCUT2D eigenvalue weighted by Gasteiger charge is -2.24. The fourth-order valence-corrected chi connectivity index (χ4v) is 3.49. The summed E-state index contributed by atoms with van der Waals surface area (Å²) in [7, 11) is 0. The summed E-state index contributed by atoms with van der Waals surface area (Å²) in [5, 5.41) is 0. The molecule has 0 spiro atoms. The number of anilines is 2. The number of aryl methyl sites for hydroxylation is 2. The zero-order chi connectivity index (χ0) is 20.1. The third kappa shape index (κ3) is 4.35. The van der Waals surface area contributed by atoms with Gasteiger partial charge in [-0.15, -0.1) is 0 Å². The van der Waals surface area contributed by atoms with E-state index in [0.717, 1.165) is 36.4 Å². The van der Waals surface area contributed by atoms with Crippen LogP contribution >= 0.6 is 0 Å². The lowest BCUT2D eigenvalue weighted by molar-refractivity contribution is -0.121. The predicted molar refractivity (Wildman–Crippen MR) is 112 cm³/mol. The Bertz CT molecular complexity index is 849. The van der Waals surface area contributed by atoms with E-state index in [9.17, 15) is 9.59 Å². The van der Waals surface area contributed by atoms with E-state index in [1.54, 1.807) is 4.90 Å². The number of rotatable bonds is 7. The molecule has 1 unspecified atom stereocenters. The molecule has 0 aromatic heterocycles. The quantitative estimate of drug-likeness (QED) is 0.537. The molecule has 1 heterocycles. The first kappa shape index (κ1) is 19.9. The van der Waals surface area contributed by atoms with Crippen molar-refractivity contribution in [1.82, 2.24) is 0 Å². The van der Waals surface area contributed by atoms with Crippen molar-refractivity contribution in [2.45, 2.75) is 33.6 Å². The van der Waals surface area contributed by atoms with Crippen LogP contribution in [0.1, 0.15) is 30.9 Å². The lowest BCUT2D eigenvalue weighted by Crippen LogP contribution is -2.37. The van der Waals surface area contributed by atoms with E-state index in [1.165, 1.54) is 11.1 Å². The normalized spacial score (nSPS) is 16.5. The molecule has 28 heavy (non-hydrogen) atoms. The van der Waals surface area contributed by atoms with Crippen molar-refractivity contribution in [1.29, 1.82) is 0 Å². The van der Waals surface area contributed by atoms with Gasteiger partial charge in [0.15, 0.2) is 0 Å². The van der Waals surface area contributed by atoms with Crippen LogP contribution in [-0.2, 0) is 9.59 Å². The van der Waals surface area contributed by atoms with Crippen molar-refractivity contribution in [3.63, 3.8) is 0 Å². The second kappa shape index (κ2) is 8.91. The Morgan fingerprint density at radius 3 is 2.54 bits per heavy atom. The third-order valence-electron chi connectivity index (χ3n) is 5.29. The smallest absolute Gasteiger partial charge is 0.231 e. The van der Waals surface area contributed by atoms with Crippen LogP contribution in [0.4, 0.5) is 11.4 Å². The number of carbonyl (C=O) groups is 2. The van der Waals surface area contributed by atoms with Gasteiger partial charge in [-0.2, -0.15) is 0 Å². The van der Waals surface area contributed by atoms with Crippen LogP contribution in [0.25, 0.3) is 0 Å². The maximum Gasteiger partial charge on any atom is 0.231 e. The Balaban J connectivity index is 1.61. The number of fused-ring (bicyclic) bond motifs is 1. The van der Waals surface area contributed by atoms with E-state index < -0.39 is 0 Å². The van der Waals surface area contributed by atoms with Gasteiger partial charge in [0.05, 0.1) is 23.9 Å². The van der Waals surface area contributed by atoms with Gasteiger partial charge in [-0.05, 0) is 62.1 Å². The predicted octanol–water partition coefficient (Wildman–Crippen LogP) is 4.11. The minimum Gasteiger partial charge on any atom is -0.494 e. The van der Waals surface area contributed by atoms with E-state index in [1.807, 2.05) is 42.2 Å². The fraction of sp³-hybridized carbons (Fsp3) is 0.391. The van der Waals surface area contributed by atoms with E-state index in [-0.39, 0.29) is 11.8 Å². The SMILES string of the molecule is Cc1ccc(OCCCCN2C(=O)C(C)CN(C=O)c3ccccc32)cc1C. The van der Waals surface area contributed by atoms with Crippen molar-refractivity contribution in [2.75, 3.05) is 29.5 Å². The van der Waals surface area contributed by atoms with Gasteiger partial charge in [-0.25, -0.2) is 0 Å². The minimum absolute atomic E-state index is 0.0619. The van der Waals surface area contributed by atoms with E-state index >= 15 is 0 Å². The maximum atomic E-state index is 12.9. The highest BCUT2D eigenvalue weighted by Crippen LogP contribution is 2.33. The summed E-state index contributed by atoms with van der Waals surface area (Å²) in [5.74, 6) is 0.714. The molecule has 5 nitrogen and oxygen atoms in total. The molecule has 0 saturated carbocycles. The summed E-state index contributed by atoms with van der Waals surface area (Å²) >= 11 is 0. The van der Waals surface area contributed by atoms with E-state index in [0.29, 0.717) is 19.7 Å². The summed E-state index contributed by atoms with van der Waals surface area (Å²) in [6, 6.07) is 13.7. The second-order valence-corrected chi connectivity index (χ2v) is 7.44. The summed E-state index contributed by atoms with van der Waals surface area (Å²) < 4.78 is 5.85. The molecule has 1 aliphatic heterocycles. The molecule has 2 aromatic carbocycles. The van der Waals surface area contributed by atoms with Gasteiger partial charge < -0.3 is 14.5 Å². The minimum atomic E-state index is -0.232. The molecule has 148 valence electrons. The highest BCUT2D eigenvalue weighted by atomic mass is 16.5. The number of para-hydroxylation sites is 2. The number of carbonyl (C=O) groups excluding carboxylic acids is 2. The second-order valence-electron chi connectivity index (χ2n) is 7.44. The molecule has 5 heteroatoms. The molecule has 0 aliphatic carbocycles. The van der Waals surface area contributed by atoms with Crippen molar-refractivity contribution in [3.05, 3.63) is 53.6 Å². The van der Waals surface area contributed by atoms with Crippen molar-refractivity contribution in [3.8, 4) is 5.75 Å². The van der Waals surface area contributed by atoms with Crippen LogP contribution in [-0.4, -0.2) is 32.0 Å². The Morgan fingerprint density at radius 1 is 1.07 bits per heavy atom. The summed E-state index contributed by atoms with van der Waals surface area (Å²) in [6.07, 6.45) is 2.49. The molecule has 1 aliphatic rings. The van der Waals surface area contributed by atoms with Crippen LogP contribution < -0.4 is 14.5 Å². The van der Waals surface area contributed by atoms with Gasteiger partial charge in [-0.3, -0.25) is 9.59 Å². The van der Waals surface area contributed by atoms with Crippen LogP contribution in [0.15, 0.2) is 42.5 Å². The molecular formula is C23H28N2O3. The molecule has 0 bridgehead atoms. The van der Waals surface area contributed by atoms with Crippen LogP contribution in [0.3, 0.4) is 0 Å². The van der Waals surface area contributed by atoms with Crippen LogP contribution in [0.2, 0.25) is 0 Å². The molecule has 1 atom stereocenters. The molecule has 0 fully saturated rings. The van der Waals surface area contributed by atoms with E-state index in [4.69, 9.17) is 4.74 Å². The van der Waals surface area contributed by atoms with Gasteiger partial charge >= 0.3 is 0 Å². The van der Waals surface area contributed by atoms with Gasteiger partial charge in [-0.1, -0.05) is 25.1 Å². The fourth-order valence-electron chi connectivity index (χ4n) is 3.49. The maximum absolute atomic E-state index is 12.9. The molecule has 0 saturated heterocycles. The number of nitrogens with zero attached hydrogens (tertiary/aromatic N) is 2. The Morgan fingerprint density at radius 2 is 1.82 bits per heavy atom. The van der Waals surface area contributed by atoms with Crippen molar-refractivity contribution < 1.29 is 14.3 Å².